The Bertz CT molecular complexity index is 264. The maximum atomic E-state index is 9.31. The summed E-state index contributed by atoms with van der Waals surface area (Å²) in [4.78, 5) is 0. The van der Waals surface area contributed by atoms with E-state index < -0.39 is 12.1 Å². The van der Waals surface area contributed by atoms with Gasteiger partial charge in [0.2, 0.25) is 0 Å². The monoisotopic (exact) mass is 194 g/mol. The molecule has 1 aromatic carbocycles. The second-order valence-electron chi connectivity index (χ2n) is 3.46. The number of hydrogen-bond donors (Lipinski definition) is 1. The molecule has 1 atom stereocenters. The molecule has 0 aliphatic rings. The van der Waals surface area contributed by atoms with Gasteiger partial charge in [-0.2, -0.15) is 0 Å². The maximum absolute atomic E-state index is 9.31. The van der Waals surface area contributed by atoms with E-state index in [2.05, 4.69) is 0 Å². The molecular weight excluding hydrogens is 180 g/mol. The molecule has 0 spiro atoms. The number of aliphatic hydroxyl groups excluding tert-OH is 1. The number of hydrogen-bond acceptors (Lipinski definition) is 3. The molecule has 0 amide bonds. The number of rotatable bonds is 4. The highest BCUT2D eigenvalue weighted by Gasteiger charge is 2.17. The Morgan fingerprint density at radius 3 is 2.36 bits per heavy atom. The average Bonchev–Trinajstić information content (AvgIpc) is 2.02. The fourth-order valence-corrected chi connectivity index (χ4v) is 0.899. The van der Waals surface area contributed by atoms with Gasteiger partial charge in [-0.15, -0.1) is 0 Å². The topological polar surface area (TPSA) is 38.7 Å². The average molecular weight is 194 g/mol. The first-order valence-electron chi connectivity index (χ1n) is 4.34. The van der Waals surface area contributed by atoms with Crippen LogP contribution in [0.5, 0.6) is 5.75 Å². The third-order valence-corrected chi connectivity index (χ3v) is 1.38. The van der Waals surface area contributed by atoms with Gasteiger partial charge in [0, 0.05) is 0 Å². The van der Waals surface area contributed by atoms with Gasteiger partial charge in [-0.25, -0.2) is 0 Å². The van der Waals surface area contributed by atoms with Crippen LogP contribution in [0, 0.1) is 6.92 Å². The first-order valence-corrected chi connectivity index (χ1v) is 4.34. The van der Waals surface area contributed by atoms with E-state index in [9.17, 15) is 5.11 Å². The molecule has 76 valence electrons. The van der Waals surface area contributed by atoms with Crippen molar-refractivity contribution in [1.29, 1.82) is 0 Å². The molecule has 0 fully saturated rings. The smallest absolute Gasteiger partial charge is 0.313 e. The summed E-state index contributed by atoms with van der Waals surface area (Å²) < 4.78 is 10.00. The summed E-state index contributed by atoms with van der Waals surface area (Å²) in [6.45, 7) is 7.44. The molecule has 2 radical (unpaired) electrons. The molecule has 3 heteroatoms. The van der Waals surface area contributed by atoms with Crippen LogP contribution in [-0.4, -0.2) is 17.2 Å². The number of aliphatic hydroxyl groups is 1. The van der Waals surface area contributed by atoms with Crippen molar-refractivity contribution >= 4 is 0 Å². The molecule has 0 bridgehead atoms. The fourth-order valence-electron chi connectivity index (χ4n) is 0.899. The van der Waals surface area contributed by atoms with Crippen molar-refractivity contribution in [3.63, 3.8) is 0 Å². The van der Waals surface area contributed by atoms with E-state index in [0.717, 1.165) is 0 Å². The highest BCUT2D eigenvalue weighted by atomic mass is 16.8. The highest BCUT2D eigenvalue weighted by molar-refractivity contribution is 5.20. The van der Waals surface area contributed by atoms with Crippen molar-refractivity contribution in [3.05, 3.63) is 37.3 Å². The van der Waals surface area contributed by atoms with Crippen molar-refractivity contribution < 1.29 is 14.6 Å². The number of para-hydroxylation sites is 1. The van der Waals surface area contributed by atoms with Crippen LogP contribution < -0.4 is 4.74 Å². The fraction of sp³-hybridized carbons (Fsp3) is 0.364. The lowest BCUT2D eigenvalue weighted by Gasteiger charge is -2.23. The Morgan fingerprint density at radius 2 is 1.86 bits per heavy atom. The standard InChI is InChI=1S/C11H14O3/c1-11(2,3)14-10(12)13-9-7-5-4-6-8-9/h1,4-8,10,12H,2-3H3. The van der Waals surface area contributed by atoms with Crippen molar-refractivity contribution in [3.8, 4) is 5.75 Å². The predicted octanol–water partition coefficient (Wildman–Crippen LogP) is 1.85. The molecule has 1 unspecified atom stereocenters. The van der Waals surface area contributed by atoms with Crippen LogP contribution in [0.15, 0.2) is 30.3 Å². The Kier molecular flexibility index (Phi) is 3.49. The second-order valence-corrected chi connectivity index (χ2v) is 3.46. The van der Waals surface area contributed by atoms with E-state index in [-0.39, 0.29) is 0 Å². The zero-order chi connectivity index (χ0) is 10.6. The molecule has 1 aromatic rings. The molecule has 3 nitrogen and oxygen atoms in total. The highest BCUT2D eigenvalue weighted by Crippen LogP contribution is 2.14. The summed E-state index contributed by atoms with van der Waals surface area (Å²) in [6.07, 6.45) is 0. The van der Waals surface area contributed by atoms with Crippen LogP contribution in [0.3, 0.4) is 0 Å². The molecule has 1 N–H and O–H groups in total. The largest absolute Gasteiger partial charge is 0.441 e. The lowest BCUT2D eigenvalue weighted by atomic mass is 10.2. The SMILES string of the molecule is [CH]C(C)(C)OC(O)Oc1ccccc1. The summed E-state index contributed by atoms with van der Waals surface area (Å²) in [6, 6.07) is 8.89. The third kappa shape index (κ3) is 4.25. The van der Waals surface area contributed by atoms with Gasteiger partial charge in [0.05, 0.1) is 5.60 Å². The summed E-state index contributed by atoms with van der Waals surface area (Å²) in [5.41, 5.74) is -0.922. The molecule has 1 rings (SSSR count). The molecule has 0 aromatic heterocycles. The zero-order valence-electron chi connectivity index (χ0n) is 8.31. The lowest BCUT2D eigenvalue weighted by Crippen LogP contribution is -2.31. The molecule has 0 aliphatic carbocycles. The first kappa shape index (κ1) is 11.0. The van der Waals surface area contributed by atoms with Gasteiger partial charge in [-0.1, -0.05) is 18.2 Å². The van der Waals surface area contributed by atoms with Gasteiger partial charge >= 0.3 is 6.48 Å². The van der Waals surface area contributed by atoms with Gasteiger partial charge in [0.15, 0.2) is 0 Å². The Labute approximate surface area is 84.3 Å². The minimum atomic E-state index is -1.35. The minimum absolute atomic E-state index is 0.532. The van der Waals surface area contributed by atoms with Gasteiger partial charge < -0.3 is 14.6 Å². The normalized spacial score (nSPS) is 13.7. The molecule has 0 saturated carbocycles. The van der Waals surface area contributed by atoms with Crippen molar-refractivity contribution in [1.82, 2.24) is 0 Å². The minimum Gasteiger partial charge on any atom is -0.441 e. The number of ether oxygens (including phenoxy) is 2. The molecule has 0 heterocycles. The molecule has 0 aliphatic heterocycles. The van der Waals surface area contributed by atoms with E-state index in [1.807, 2.05) is 6.07 Å². The van der Waals surface area contributed by atoms with E-state index in [0.29, 0.717) is 5.75 Å². The Morgan fingerprint density at radius 1 is 1.29 bits per heavy atom. The maximum Gasteiger partial charge on any atom is 0.313 e. The van der Waals surface area contributed by atoms with Crippen molar-refractivity contribution in [2.75, 3.05) is 0 Å². The van der Waals surface area contributed by atoms with E-state index >= 15 is 0 Å². The van der Waals surface area contributed by atoms with E-state index in [4.69, 9.17) is 16.4 Å². The Balaban J connectivity index is 2.46. The zero-order valence-corrected chi connectivity index (χ0v) is 8.31. The summed E-state index contributed by atoms with van der Waals surface area (Å²) in [7, 11) is 0. The van der Waals surface area contributed by atoms with Gasteiger partial charge in [-0.3, -0.25) is 0 Å². The third-order valence-electron chi connectivity index (χ3n) is 1.38. The quantitative estimate of drug-likeness (QED) is 0.743. The van der Waals surface area contributed by atoms with Gasteiger partial charge in [0.1, 0.15) is 5.75 Å². The van der Waals surface area contributed by atoms with Crippen LogP contribution in [0.2, 0.25) is 0 Å². The van der Waals surface area contributed by atoms with Gasteiger partial charge in [-0.05, 0) is 32.9 Å². The molecular formula is C11H14O3. The van der Waals surface area contributed by atoms with E-state index in [1.54, 1.807) is 38.1 Å². The Hall–Kier alpha value is -1.06. The second kappa shape index (κ2) is 4.44. The summed E-state index contributed by atoms with van der Waals surface area (Å²) in [5.74, 6) is 0.532. The van der Waals surface area contributed by atoms with Crippen LogP contribution in [-0.2, 0) is 4.74 Å². The summed E-state index contributed by atoms with van der Waals surface area (Å²) in [5, 5.41) is 9.31. The van der Waals surface area contributed by atoms with Gasteiger partial charge in [0.25, 0.3) is 0 Å². The number of benzene rings is 1. The molecule has 0 saturated heterocycles. The predicted molar refractivity (Wildman–Crippen MR) is 52.5 cm³/mol. The van der Waals surface area contributed by atoms with Crippen LogP contribution in [0.4, 0.5) is 0 Å². The summed E-state index contributed by atoms with van der Waals surface area (Å²) >= 11 is 0. The first-order chi connectivity index (χ1) is 6.47. The van der Waals surface area contributed by atoms with Crippen molar-refractivity contribution in [2.24, 2.45) is 0 Å². The van der Waals surface area contributed by atoms with Crippen LogP contribution in [0.1, 0.15) is 13.8 Å². The van der Waals surface area contributed by atoms with E-state index in [1.165, 1.54) is 0 Å². The lowest BCUT2D eigenvalue weighted by molar-refractivity contribution is -0.253. The van der Waals surface area contributed by atoms with Crippen LogP contribution in [0.25, 0.3) is 0 Å². The van der Waals surface area contributed by atoms with Crippen LogP contribution >= 0.6 is 0 Å². The molecule has 14 heavy (non-hydrogen) atoms. The van der Waals surface area contributed by atoms with Crippen molar-refractivity contribution in [2.45, 2.75) is 25.9 Å².